The zero-order chi connectivity index (χ0) is 13.1. The van der Waals surface area contributed by atoms with Gasteiger partial charge in [0.05, 0.1) is 0 Å². The average Bonchev–Trinajstić information content (AvgIpc) is 2.38. The zero-order valence-electron chi connectivity index (χ0n) is 11.7. The van der Waals surface area contributed by atoms with E-state index in [1.165, 1.54) is 27.8 Å². The first-order valence-electron chi connectivity index (χ1n) is 6.73. The minimum absolute atomic E-state index is 0.531. The van der Waals surface area contributed by atoms with Gasteiger partial charge in [0.25, 0.3) is 0 Å². The van der Waals surface area contributed by atoms with Crippen molar-refractivity contribution >= 4 is 0 Å². The quantitative estimate of drug-likeness (QED) is 0.692. The van der Waals surface area contributed by atoms with E-state index < -0.39 is 0 Å². The summed E-state index contributed by atoms with van der Waals surface area (Å²) in [4.78, 5) is 0. The van der Waals surface area contributed by atoms with Crippen LogP contribution < -0.4 is 0 Å². The third-order valence-corrected chi connectivity index (χ3v) is 3.34. The second-order valence-corrected chi connectivity index (χ2v) is 5.22. The van der Waals surface area contributed by atoms with Gasteiger partial charge < -0.3 is 0 Å². The Labute approximate surface area is 111 Å². The third-order valence-electron chi connectivity index (χ3n) is 3.34. The Bertz CT molecular complexity index is 535. The number of rotatable bonds is 3. The molecule has 93 valence electrons. The first-order chi connectivity index (χ1) is 8.61. The van der Waals surface area contributed by atoms with Crippen LogP contribution >= 0.6 is 0 Å². The maximum Gasteiger partial charge on any atom is -0.00703 e. The summed E-state index contributed by atoms with van der Waals surface area (Å²) in [5.74, 6) is 0.531. The Hall–Kier alpha value is -1.56. The fourth-order valence-corrected chi connectivity index (χ4v) is 2.39. The fourth-order valence-electron chi connectivity index (χ4n) is 2.39. The average molecular weight is 237 g/mol. The van der Waals surface area contributed by atoms with Crippen LogP contribution in [0.25, 0.3) is 11.1 Å². The molecule has 0 aliphatic carbocycles. The highest BCUT2D eigenvalue weighted by Crippen LogP contribution is 2.30. The SMILES string of the molecule is CCc1cc(C)cc(-c2[c]cccc2C(C)C)c1. The van der Waals surface area contributed by atoms with Crippen molar-refractivity contribution in [2.45, 2.75) is 40.0 Å². The molecule has 2 aromatic rings. The van der Waals surface area contributed by atoms with Gasteiger partial charge in [-0.2, -0.15) is 0 Å². The predicted molar refractivity (Wildman–Crippen MR) is 78.9 cm³/mol. The van der Waals surface area contributed by atoms with Crippen LogP contribution in [0.5, 0.6) is 0 Å². The molecule has 0 aromatic heterocycles. The molecule has 0 amide bonds. The van der Waals surface area contributed by atoms with Crippen molar-refractivity contribution in [1.82, 2.24) is 0 Å². The Morgan fingerprint density at radius 3 is 2.61 bits per heavy atom. The first kappa shape index (κ1) is 12.9. The molecular formula is C18H21. The largest absolute Gasteiger partial charge is 0.0613 e. The Morgan fingerprint density at radius 2 is 1.94 bits per heavy atom. The van der Waals surface area contributed by atoms with Crippen molar-refractivity contribution in [3.05, 3.63) is 59.2 Å². The van der Waals surface area contributed by atoms with Gasteiger partial charge in [0.2, 0.25) is 0 Å². The van der Waals surface area contributed by atoms with Gasteiger partial charge in [-0.1, -0.05) is 62.7 Å². The maximum atomic E-state index is 3.41. The predicted octanol–water partition coefficient (Wildman–Crippen LogP) is 5.15. The van der Waals surface area contributed by atoms with Gasteiger partial charge in [-0.15, -0.1) is 0 Å². The van der Waals surface area contributed by atoms with Crippen molar-refractivity contribution in [2.24, 2.45) is 0 Å². The molecular weight excluding hydrogens is 216 g/mol. The van der Waals surface area contributed by atoms with Crippen LogP contribution in [0.3, 0.4) is 0 Å². The summed E-state index contributed by atoms with van der Waals surface area (Å²) in [5.41, 5.74) is 6.67. The van der Waals surface area contributed by atoms with E-state index in [9.17, 15) is 0 Å². The summed E-state index contributed by atoms with van der Waals surface area (Å²) in [6.07, 6.45) is 1.08. The molecule has 0 saturated carbocycles. The fraction of sp³-hybridized carbons (Fsp3) is 0.333. The summed E-state index contributed by atoms with van der Waals surface area (Å²) in [7, 11) is 0. The summed E-state index contributed by atoms with van der Waals surface area (Å²) in [5, 5.41) is 0. The molecule has 0 N–H and O–H groups in total. The lowest BCUT2D eigenvalue weighted by Gasteiger charge is -2.14. The summed E-state index contributed by atoms with van der Waals surface area (Å²) in [6.45, 7) is 8.85. The van der Waals surface area contributed by atoms with E-state index in [1.807, 2.05) is 6.07 Å². The van der Waals surface area contributed by atoms with E-state index in [-0.39, 0.29) is 0 Å². The van der Waals surface area contributed by atoms with Crippen molar-refractivity contribution in [2.75, 3.05) is 0 Å². The number of benzene rings is 2. The normalized spacial score (nSPS) is 10.9. The van der Waals surface area contributed by atoms with E-state index in [1.54, 1.807) is 0 Å². The van der Waals surface area contributed by atoms with E-state index in [4.69, 9.17) is 0 Å². The Morgan fingerprint density at radius 1 is 1.17 bits per heavy atom. The van der Waals surface area contributed by atoms with Crippen LogP contribution in [-0.2, 0) is 6.42 Å². The van der Waals surface area contributed by atoms with Gasteiger partial charge in [0.15, 0.2) is 0 Å². The van der Waals surface area contributed by atoms with Crippen LogP contribution in [0.15, 0.2) is 36.4 Å². The van der Waals surface area contributed by atoms with Crippen molar-refractivity contribution in [3.63, 3.8) is 0 Å². The number of hydrogen-bond donors (Lipinski definition) is 0. The van der Waals surface area contributed by atoms with Gasteiger partial charge >= 0.3 is 0 Å². The van der Waals surface area contributed by atoms with Gasteiger partial charge in [-0.05, 0) is 47.6 Å². The second kappa shape index (κ2) is 5.39. The van der Waals surface area contributed by atoms with Crippen molar-refractivity contribution in [1.29, 1.82) is 0 Å². The highest BCUT2D eigenvalue weighted by molar-refractivity contribution is 5.68. The monoisotopic (exact) mass is 237 g/mol. The van der Waals surface area contributed by atoms with Crippen LogP contribution in [0.2, 0.25) is 0 Å². The minimum Gasteiger partial charge on any atom is -0.0613 e. The molecule has 2 aromatic carbocycles. The van der Waals surface area contributed by atoms with E-state index >= 15 is 0 Å². The standard InChI is InChI=1S/C18H21/c1-5-15-10-14(4)11-16(12-15)18-9-7-6-8-17(18)13(2)3/h6-8,10-13H,5H2,1-4H3. The second-order valence-electron chi connectivity index (χ2n) is 5.22. The molecule has 0 heteroatoms. The first-order valence-corrected chi connectivity index (χ1v) is 6.73. The molecule has 0 aliphatic rings. The van der Waals surface area contributed by atoms with Crippen LogP contribution in [0.4, 0.5) is 0 Å². The summed E-state index contributed by atoms with van der Waals surface area (Å²) < 4.78 is 0. The smallest absolute Gasteiger partial charge is 0.00703 e. The number of aryl methyl sites for hydroxylation is 2. The zero-order valence-corrected chi connectivity index (χ0v) is 11.7. The lowest BCUT2D eigenvalue weighted by molar-refractivity contribution is 0.868. The molecule has 0 spiro atoms. The van der Waals surface area contributed by atoms with Crippen LogP contribution in [-0.4, -0.2) is 0 Å². The van der Waals surface area contributed by atoms with Crippen molar-refractivity contribution in [3.8, 4) is 11.1 Å². The third kappa shape index (κ3) is 2.64. The van der Waals surface area contributed by atoms with E-state index in [0.717, 1.165) is 6.42 Å². The topological polar surface area (TPSA) is 0 Å². The number of hydrogen-bond acceptors (Lipinski definition) is 0. The summed E-state index contributed by atoms with van der Waals surface area (Å²) in [6, 6.07) is 16.5. The lowest BCUT2D eigenvalue weighted by Crippen LogP contribution is -1.94. The minimum atomic E-state index is 0.531. The molecule has 0 unspecified atom stereocenters. The van der Waals surface area contributed by atoms with Gasteiger partial charge in [-0.25, -0.2) is 0 Å². The van der Waals surface area contributed by atoms with Gasteiger partial charge in [-0.3, -0.25) is 0 Å². The Kier molecular flexibility index (Phi) is 3.86. The molecule has 0 fully saturated rings. The molecule has 2 rings (SSSR count). The molecule has 18 heavy (non-hydrogen) atoms. The van der Waals surface area contributed by atoms with Crippen molar-refractivity contribution < 1.29 is 0 Å². The van der Waals surface area contributed by atoms with E-state index in [2.05, 4.69) is 64.1 Å². The Balaban J connectivity index is 2.58. The van der Waals surface area contributed by atoms with Crippen LogP contribution in [0.1, 0.15) is 43.4 Å². The molecule has 1 radical (unpaired) electrons. The molecule has 0 atom stereocenters. The van der Waals surface area contributed by atoms with E-state index in [0.29, 0.717) is 5.92 Å². The molecule has 0 saturated heterocycles. The lowest BCUT2D eigenvalue weighted by atomic mass is 9.91. The highest BCUT2D eigenvalue weighted by Gasteiger charge is 2.09. The van der Waals surface area contributed by atoms with Gasteiger partial charge in [0, 0.05) is 0 Å². The molecule has 0 heterocycles. The van der Waals surface area contributed by atoms with Crippen LogP contribution in [0, 0.1) is 13.0 Å². The van der Waals surface area contributed by atoms with Gasteiger partial charge in [0.1, 0.15) is 0 Å². The summed E-state index contributed by atoms with van der Waals surface area (Å²) >= 11 is 0. The molecule has 0 nitrogen and oxygen atoms in total. The maximum absolute atomic E-state index is 3.41. The molecule has 0 aliphatic heterocycles. The highest BCUT2D eigenvalue weighted by atomic mass is 14.1. The molecule has 0 bridgehead atoms.